The van der Waals surface area contributed by atoms with Crippen LogP contribution in [0.25, 0.3) is 11.3 Å². The van der Waals surface area contributed by atoms with Gasteiger partial charge in [0.05, 0.1) is 28.7 Å². The van der Waals surface area contributed by atoms with E-state index in [1.165, 1.54) is 12.1 Å². The highest BCUT2D eigenvalue weighted by molar-refractivity contribution is 5.72. The molecule has 0 aliphatic carbocycles. The Morgan fingerprint density at radius 3 is 2.77 bits per heavy atom. The highest BCUT2D eigenvalue weighted by atomic mass is 16.6. The highest BCUT2D eigenvalue weighted by Crippen LogP contribution is 2.48. The lowest BCUT2D eigenvalue weighted by Crippen LogP contribution is -2.21. The van der Waals surface area contributed by atoms with E-state index in [0.717, 1.165) is 5.56 Å². The number of ether oxygens (including phenoxy) is 2. The van der Waals surface area contributed by atoms with Crippen LogP contribution in [0.2, 0.25) is 0 Å². The van der Waals surface area contributed by atoms with Crippen LogP contribution in [-0.4, -0.2) is 26.8 Å². The number of aromatic hydroxyl groups is 1. The number of nitrogens with one attached hydrogen (secondary N) is 1. The van der Waals surface area contributed by atoms with E-state index >= 15 is 0 Å². The monoisotopic (exact) mass is 419 g/mol. The van der Waals surface area contributed by atoms with Gasteiger partial charge in [0, 0.05) is 6.07 Å². The molecule has 0 saturated carbocycles. The van der Waals surface area contributed by atoms with E-state index in [1.807, 2.05) is 36.4 Å². The molecule has 4 rings (SSSR count). The fraction of sp³-hybridized carbons (Fsp3) is 0.143. The van der Waals surface area contributed by atoms with Gasteiger partial charge in [0.25, 0.3) is 0 Å². The second-order valence-electron chi connectivity index (χ2n) is 6.69. The van der Waals surface area contributed by atoms with Gasteiger partial charge in [-0.25, -0.2) is 0 Å². The summed E-state index contributed by atoms with van der Waals surface area (Å²) in [6.45, 7) is 1.87. The summed E-state index contributed by atoms with van der Waals surface area (Å²) in [5.74, 6) is -1.48. The van der Waals surface area contributed by atoms with Crippen LogP contribution in [0.4, 0.5) is 5.69 Å². The van der Waals surface area contributed by atoms with Gasteiger partial charge < -0.3 is 20.3 Å². The number of benzene rings is 2. The molecule has 4 N–H and O–H groups in total. The van der Waals surface area contributed by atoms with Crippen molar-refractivity contribution in [3.05, 3.63) is 75.2 Å². The molecule has 1 aromatic heterocycles. The number of aromatic nitrogens is 2. The highest BCUT2D eigenvalue weighted by Gasteiger charge is 2.37. The molecule has 0 bridgehead atoms. The Bertz CT molecular complexity index is 1240. The average Bonchev–Trinajstić information content (AvgIpc) is 3.18. The van der Waals surface area contributed by atoms with Crippen molar-refractivity contribution in [2.24, 2.45) is 5.73 Å². The molecule has 1 aliphatic heterocycles. The zero-order chi connectivity index (χ0) is 22.1. The van der Waals surface area contributed by atoms with Crippen LogP contribution in [0.5, 0.6) is 17.4 Å². The number of nitro groups is 1. The van der Waals surface area contributed by atoms with Gasteiger partial charge in [0.2, 0.25) is 17.5 Å². The third kappa shape index (κ3) is 3.28. The Morgan fingerprint density at radius 1 is 1.39 bits per heavy atom. The second-order valence-corrected chi connectivity index (χ2v) is 6.69. The number of nitrogens with two attached hydrogens (primary N) is 1. The minimum absolute atomic E-state index is 0.0634. The van der Waals surface area contributed by atoms with E-state index < -0.39 is 22.3 Å². The predicted molar refractivity (Wildman–Crippen MR) is 109 cm³/mol. The topological polar surface area (TPSA) is 160 Å². The van der Waals surface area contributed by atoms with Crippen LogP contribution in [-0.2, 0) is 0 Å². The number of nitriles is 1. The summed E-state index contributed by atoms with van der Waals surface area (Å²) >= 11 is 0. The van der Waals surface area contributed by atoms with Gasteiger partial charge in [-0.15, -0.1) is 5.10 Å². The predicted octanol–water partition coefficient (Wildman–Crippen LogP) is 3.31. The van der Waals surface area contributed by atoms with Crippen molar-refractivity contribution in [1.82, 2.24) is 10.2 Å². The minimum Gasteiger partial charge on any atom is -0.500 e. The van der Waals surface area contributed by atoms with Crippen molar-refractivity contribution in [3.63, 3.8) is 0 Å². The van der Waals surface area contributed by atoms with E-state index in [0.29, 0.717) is 16.8 Å². The average molecular weight is 419 g/mol. The number of fused-ring (bicyclic) bond motifs is 1. The first kappa shape index (κ1) is 19.8. The molecule has 2 aromatic carbocycles. The first-order valence-corrected chi connectivity index (χ1v) is 9.31. The standard InChI is InChI=1S/C21H17N5O5/c1-2-30-15-9-12(8-14(19(15)27)26(28)29)16-13(10-22)20(23)31-21-17(16)18(24-25-21)11-6-4-3-5-7-11/h3-9,16,27H,2,23H2,1H3,(H,24,25). The Hall–Kier alpha value is -4.52. The van der Waals surface area contributed by atoms with E-state index in [9.17, 15) is 20.5 Å². The Labute approximate surface area is 176 Å². The first-order valence-electron chi connectivity index (χ1n) is 9.31. The summed E-state index contributed by atoms with van der Waals surface area (Å²) in [7, 11) is 0. The molecule has 1 unspecified atom stereocenters. The zero-order valence-electron chi connectivity index (χ0n) is 16.3. The van der Waals surface area contributed by atoms with E-state index in [-0.39, 0.29) is 29.7 Å². The van der Waals surface area contributed by atoms with E-state index in [1.54, 1.807) is 6.92 Å². The summed E-state index contributed by atoms with van der Waals surface area (Å²) < 4.78 is 10.9. The third-order valence-electron chi connectivity index (χ3n) is 4.91. The number of hydrogen-bond donors (Lipinski definition) is 3. The lowest BCUT2D eigenvalue weighted by molar-refractivity contribution is -0.386. The number of nitrogens with zero attached hydrogens (tertiary/aromatic N) is 3. The van der Waals surface area contributed by atoms with Crippen LogP contribution in [0.1, 0.15) is 24.0 Å². The number of phenolic OH excluding ortho intramolecular Hbond substituents is 1. The maximum atomic E-state index is 11.6. The lowest BCUT2D eigenvalue weighted by atomic mass is 9.82. The lowest BCUT2D eigenvalue weighted by Gasteiger charge is -2.24. The molecule has 1 aliphatic rings. The molecule has 2 heterocycles. The number of H-pyrrole nitrogens is 1. The van der Waals surface area contributed by atoms with Crippen molar-refractivity contribution >= 4 is 5.69 Å². The molecule has 3 aromatic rings. The number of rotatable bonds is 5. The molecule has 156 valence electrons. The summed E-state index contributed by atoms with van der Waals surface area (Å²) in [6.07, 6.45) is 0. The largest absolute Gasteiger partial charge is 0.500 e. The van der Waals surface area contributed by atoms with Crippen molar-refractivity contribution in [1.29, 1.82) is 5.26 Å². The molecule has 0 radical (unpaired) electrons. The first-order chi connectivity index (χ1) is 15.0. The molecule has 31 heavy (non-hydrogen) atoms. The Kier molecular flexibility index (Phi) is 4.92. The van der Waals surface area contributed by atoms with Crippen LogP contribution in [0.3, 0.4) is 0 Å². The summed E-state index contributed by atoms with van der Waals surface area (Å²) in [5, 5.41) is 38.7. The molecular formula is C21H17N5O5. The summed E-state index contributed by atoms with van der Waals surface area (Å²) in [4.78, 5) is 10.8. The van der Waals surface area contributed by atoms with E-state index in [2.05, 4.69) is 10.2 Å². The van der Waals surface area contributed by atoms with Crippen molar-refractivity contribution in [3.8, 4) is 34.7 Å². The maximum absolute atomic E-state index is 11.6. The molecular weight excluding hydrogens is 402 g/mol. The number of aromatic amines is 1. The fourth-order valence-corrected chi connectivity index (χ4v) is 3.59. The van der Waals surface area contributed by atoms with Gasteiger partial charge in [-0.05, 0) is 24.1 Å². The van der Waals surface area contributed by atoms with E-state index in [4.69, 9.17) is 15.2 Å². The Morgan fingerprint density at radius 2 is 2.13 bits per heavy atom. The van der Waals surface area contributed by atoms with Crippen molar-refractivity contribution in [2.75, 3.05) is 6.61 Å². The normalized spacial score (nSPS) is 15.0. The van der Waals surface area contributed by atoms with Crippen molar-refractivity contribution < 1.29 is 19.5 Å². The van der Waals surface area contributed by atoms with Gasteiger partial charge >= 0.3 is 5.69 Å². The molecule has 10 nitrogen and oxygen atoms in total. The summed E-state index contributed by atoms with van der Waals surface area (Å²) in [5.41, 5.74) is 7.67. The number of allylic oxidation sites excluding steroid dienone is 1. The number of nitro benzene ring substituents is 1. The van der Waals surface area contributed by atoms with Gasteiger partial charge in [-0.1, -0.05) is 30.3 Å². The molecule has 1 atom stereocenters. The van der Waals surface area contributed by atoms with Crippen LogP contribution in [0.15, 0.2) is 53.9 Å². The molecule has 0 amide bonds. The minimum atomic E-state index is -0.832. The second kappa shape index (κ2) is 7.72. The van der Waals surface area contributed by atoms with Crippen LogP contribution < -0.4 is 15.2 Å². The van der Waals surface area contributed by atoms with Gasteiger partial charge in [0.1, 0.15) is 11.6 Å². The number of hydrogen-bond acceptors (Lipinski definition) is 8. The van der Waals surface area contributed by atoms with Crippen LogP contribution >= 0.6 is 0 Å². The van der Waals surface area contributed by atoms with Gasteiger partial charge in [-0.3, -0.25) is 15.2 Å². The van der Waals surface area contributed by atoms with Gasteiger partial charge in [0.15, 0.2) is 5.75 Å². The number of phenols is 1. The molecule has 0 fully saturated rings. The summed E-state index contributed by atoms with van der Waals surface area (Å²) in [6, 6.07) is 13.9. The smallest absolute Gasteiger partial charge is 0.314 e. The van der Waals surface area contributed by atoms with Gasteiger partial charge in [-0.2, -0.15) is 5.26 Å². The maximum Gasteiger partial charge on any atom is 0.314 e. The SMILES string of the molecule is CCOc1cc(C2C(C#N)=C(N)Oc3n[nH]c(-c4ccccc4)c32)cc([N+](=O)[O-])c1O. The molecule has 0 saturated heterocycles. The van der Waals surface area contributed by atoms with Crippen molar-refractivity contribution in [2.45, 2.75) is 12.8 Å². The molecule has 10 heteroatoms. The fourth-order valence-electron chi connectivity index (χ4n) is 3.59. The Balaban J connectivity index is 2.00. The molecule has 0 spiro atoms. The zero-order valence-corrected chi connectivity index (χ0v) is 16.3. The van der Waals surface area contributed by atoms with Crippen LogP contribution in [0, 0.1) is 21.4 Å². The quantitative estimate of drug-likeness (QED) is 0.419. The third-order valence-corrected chi connectivity index (χ3v) is 4.91.